The molecule has 0 amide bonds. The predicted octanol–water partition coefficient (Wildman–Crippen LogP) is 4.03. The third-order valence-electron chi connectivity index (χ3n) is 2.30. The van der Waals surface area contributed by atoms with Crippen LogP contribution in [0.1, 0.15) is 38.0 Å². The van der Waals surface area contributed by atoms with Crippen molar-refractivity contribution in [2.45, 2.75) is 33.1 Å². The lowest BCUT2D eigenvalue weighted by Crippen LogP contribution is -2.19. The molecule has 1 aromatic heterocycles. The van der Waals surface area contributed by atoms with Gasteiger partial charge >= 0.3 is 0 Å². The van der Waals surface area contributed by atoms with E-state index in [-0.39, 0.29) is 16.6 Å². The van der Waals surface area contributed by atoms with Gasteiger partial charge in [-0.15, -0.1) is 11.3 Å². The molecule has 0 aliphatic rings. The van der Waals surface area contributed by atoms with Gasteiger partial charge in [0.1, 0.15) is 0 Å². The maximum absolute atomic E-state index is 11.0. The summed E-state index contributed by atoms with van der Waals surface area (Å²) in [5.74, 6) is 0.229. The molecular weight excluding hydrogens is 216 g/mol. The number of hydrogen-bond acceptors (Lipinski definition) is 2. The molecule has 0 aliphatic carbocycles. The summed E-state index contributed by atoms with van der Waals surface area (Å²) in [5, 5.41) is 1.78. The van der Waals surface area contributed by atoms with E-state index in [1.807, 2.05) is 11.4 Å². The lowest BCUT2D eigenvalue weighted by atomic mass is 9.78. The first-order valence-electron chi connectivity index (χ1n) is 4.63. The van der Waals surface area contributed by atoms with Crippen molar-refractivity contribution in [3.05, 3.63) is 22.4 Å². The van der Waals surface area contributed by atoms with Crippen molar-refractivity contribution >= 4 is 28.2 Å². The fourth-order valence-electron chi connectivity index (χ4n) is 1.48. The number of halogens is 1. The Balaban J connectivity index is 2.89. The average molecular weight is 231 g/mol. The molecule has 1 heterocycles. The van der Waals surface area contributed by atoms with Crippen LogP contribution < -0.4 is 0 Å². The molecule has 1 atom stereocenters. The Labute approximate surface area is 94.1 Å². The minimum atomic E-state index is -0.252. The Hall–Kier alpha value is -0.340. The summed E-state index contributed by atoms with van der Waals surface area (Å²) in [5.41, 5.74) is 0.0788. The minimum Gasteiger partial charge on any atom is -0.281 e. The molecule has 3 heteroatoms. The molecule has 0 saturated carbocycles. The third-order valence-corrected chi connectivity index (χ3v) is 3.44. The van der Waals surface area contributed by atoms with Crippen LogP contribution in [0, 0.1) is 5.41 Å². The highest BCUT2D eigenvalue weighted by molar-refractivity contribution is 7.10. The lowest BCUT2D eigenvalue weighted by Gasteiger charge is -2.28. The number of thiophene rings is 1. The Morgan fingerprint density at radius 2 is 2.21 bits per heavy atom. The SMILES string of the molecule is CC(C)(C)C(CC(=O)Cl)c1cccs1. The predicted molar refractivity (Wildman–Crippen MR) is 62.0 cm³/mol. The highest BCUT2D eigenvalue weighted by atomic mass is 35.5. The molecule has 0 saturated heterocycles. The molecule has 0 aromatic carbocycles. The van der Waals surface area contributed by atoms with Gasteiger partial charge < -0.3 is 0 Å². The van der Waals surface area contributed by atoms with Gasteiger partial charge in [-0.25, -0.2) is 0 Å². The van der Waals surface area contributed by atoms with Gasteiger partial charge in [-0.3, -0.25) is 4.79 Å². The lowest BCUT2D eigenvalue weighted by molar-refractivity contribution is -0.112. The van der Waals surface area contributed by atoms with Crippen LogP contribution in [-0.2, 0) is 4.79 Å². The summed E-state index contributed by atoms with van der Waals surface area (Å²) in [7, 11) is 0. The van der Waals surface area contributed by atoms with Gasteiger partial charge in [0.25, 0.3) is 0 Å². The van der Waals surface area contributed by atoms with E-state index < -0.39 is 0 Å². The zero-order chi connectivity index (χ0) is 10.8. The molecule has 1 unspecified atom stereocenters. The molecule has 1 aromatic rings. The summed E-state index contributed by atoms with van der Waals surface area (Å²) in [4.78, 5) is 12.2. The summed E-state index contributed by atoms with van der Waals surface area (Å²) in [6.07, 6.45) is 0.422. The van der Waals surface area contributed by atoms with Crippen LogP contribution in [0.3, 0.4) is 0 Å². The topological polar surface area (TPSA) is 17.1 Å². The Kier molecular flexibility index (Phi) is 3.73. The Bertz CT molecular complexity index is 298. The largest absolute Gasteiger partial charge is 0.281 e. The molecule has 0 aliphatic heterocycles. The first-order valence-corrected chi connectivity index (χ1v) is 5.89. The van der Waals surface area contributed by atoms with Gasteiger partial charge in [0.05, 0.1) is 0 Å². The van der Waals surface area contributed by atoms with Crippen molar-refractivity contribution in [1.29, 1.82) is 0 Å². The zero-order valence-electron chi connectivity index (χ0n) is 8.71. The fourth-order valence-corrected chi connectivity index (χ4v) is 2.71. The summed E-state index contributed by atoms with van der Waals surface area (Å²) in [6.45, 7) is 6.41. The number of carbonyl (C=O) groups is 1. The number of rotatable bonds is 3. The van der Waals surface area contributed by atoms with Gasteiger partial charge in [-0.2, -0.15) is 0 Å². The van der Waals surface area contributed by atoms with Crippen LogP contribution in [0.4, 0.5) is 0 Å². The minimum absolute atomic E-state index is 0.0788. The molecule has 0 N–H and O–H groups in total. The second-order valence-electron chi connectivity index (χ2n) is 4.49. The van der Waals surface area contributed by atoms with Crippen molar-refractivity contribution in [1.82, 2.24) is 0 Å². The Morgan fingerprint density at radius 1 is 1.57 bits per heavy atom. The van der Waals surface area contributed by atoms with E-state index in [1.54, 1.807) is 11.3 Å². The van der Waals surface area contributed by atoms with Crippen LogP contribution in [0.15, 0.2) is 17.5 Å². The maximum atomic E-state index is 11.0. The number of hydrogen-bond donors (Lipinski definition) is 0. The van der Waals surface area contributed by atoms with Crippen LogP contribution in [0.25, 0.3) is 0 Å². The first kappa shape index (κ1) is 11.7. The fraction of sp³-hybridized carbons (Fsp3) is 0.545. The van der Waals surface area contributed by atoms with Crippen molar-refractivity contribution in [3.8, 4) is 0 Å². The summed E-state index contributed by atoms with van der Waals surface area (Å²) in [6, 6.07) is 4.08. The van der Waals surface area contributed by atoms with E-state index in [9.17, 15) is 4.79 Å². The van der Waals surface area contributed by atoms with Crippen LogP contribution in [-0.4, -0.2) is 5.24 Å². The van der Waals surface area contributed by atoms with Gasteiger partial charge in [-0.1, -0.05) is 26.8 Å². The number of carbonyl (C=O) groups excluding carboxylic acids is 1. The molecule has 1 nitrogen and oxygen atoms in total. The van der Waals surface area contributed by atoms with Gasteiger partial charge in [0.15, 0.2) is 0 Å². The average Bonchev–Trinajstić information content (AvgIpc) is 2.49. The normalized spacial score (nSPS) is 14.0. The Morgan fingerprint density at radius 3 is 2.57 bits per heavy atom. The van der Waals surface area contributed by atoms with Crippen molar-refractivity contribution in [3.63, 3.8) is 0 Å². The molecule has 1 rings (SSSR count). The van der Waals surface area contributed by atoms with Crippen molar-refractivity contribution in [2.75, 3.05) is 0 Å². The molecular formula is C11H15ClOS. The molecule has 0 fully saturated rings. The van der Waals surface area contributed by atoms with E-state index in [0.29, 0.717) is 6.42 Å². The van der Waals surface area contributed by atoms with Crippen molar-refractivity contribution in [2.24, 2.45) is 5.41 Å². The molecule has 14 heavy (non-hydrogen) atoms. The molecule has 0 spiro atoms. The van der Waals surface area contributed by atoms with Crippen LogP contribution in [0.2, 0.25) is 0 Å². The first-order chi connectivity index (χ1) is 6.41. The van der Waals surface area contributed by atoms with Crippen molar-refractivity contribution < 1.29 is 4.79 Å². The third kappa shape index (κ3) is 3.10. The van der Waals surface area contributed by atoms with E-state index >= 15 is 0 Å². The van der Waals surface area contributed by atoms with Crippen LogP contribution in [0.5, 0.6) is 0 Å². The van der Waals surface area contributed by atoms with E-state index in [1.165, 1.54) is 4.88 Å². The van der Waals surface area contributed by atoms with Crippen LogP contribution >= 0.6 is 22.9 Å². The monoisotopic (exact) mass is 230 g/mol. The van der Waals surface area contributed by atoms with Gasteiger partial charge in [0.2, 0.25) is 5.24 Å². The highest BCUT2D eigenvalue weighted by Crippen LogP contribution is 2.40. The van der Waals surface area contributed by atoms with E-state index in [4.69, 9.17) is 11.6 Å². The zero-order valence-corrected chi connectivity index (χ0v) is 10.3. The maximum Gasteiger partial charge on any atom is 0.222 e. The summed E-state index contributed by atoms with van der Waals surface area (Å²) < 4.78 is 0. The summed E-state index contributed by atoms with van der Waals surface area (Å²) >= 11 is 7.15. The molecule has 0 radical (unpaired) electrons. The molecule has 78 valence electrons. The van der Waals surface area contributed by atoms with Gasteiger partial charge in [-0.05, 0) is 28.5 Å². The second-order valence-corrected chi connectivity index (χ2v) is 5.89. The smallest absolute Gasteiger partial charge is 0.222 e. The standard InChI is InChI=1S/C11H15ClOS/c1-11(2,3)8(7-10(12)13)9-5-4-6-14-9/h4-6,8H,7H2,1-3H3. The van der Waals surface area contributed by atoms with E-state index in [0.717, 1.165) is 0 Å². The second kappa shape index (κ2) is 4.45. The highest BCUT2D eigenvalue weighted by Gasteiger charge is 2.28. The van der Waals surface area contributed by atoms with E-state index in [2.05, 4.69) is 26.8 Å². The van der Waals surface area contributed by atoms with Gasteiger partial charge in [0, 0.05) is 17.2 Å². The quantitative estimate of drug-likeness (QED) is 0.717. The molecule has 0 bridgehead atoms.